The molecule has 0 radical (unpaired) electrons. The van der Waals surface area contributed by atoms with Gasteiger partial charge in [-0.3, -0.25) is 4.99 Å². The van der Waals surface area contributed by atoms with Crippen molar-refractivity contribution in [3.8, 4) is 0 Å². The Kier molecular flexibility index (Phi) is 6.15. The minimum Gasteiger partial charge on any atom is -0.442 e. The first-order valence-electron chi connectivity index (χ1n) is 9.71. The molecule has 1 aliphatic carbocycles. The predicted molar refractivity (Wildman–Crippen MR) is 109 cm³/mol. The predicted octanol–water partition coefficient (Wildman–Crippen LogP) is 3.34. The number of methoxy groups -OCH3 is 1. The molecule has 1 unspecified atom stereocenters. The van der Waals surface area contributed by atoms with E-state index in [0.29, 0.717) is 18.7 Å². The highest BCUT2D eigenvalue weighted by molar-refractivity contribution is 6.12. The number of carbonyl (C=O) groups is 1. The Balaban J connectivity index is 1.80. The third-order valence-corrected chi connectivity index (χ3v) is 4.66. The van der Waals surface area contributed by atoms with Gasteiger partial charge in [0, 0.05) is 31.2 Å². The second-order valence-electron chi connectivity index (χ2n) is 8.27. The lowest BCUT2D eigenvalue weighted by Gasteiger charge is -2.21. The smallest absolute Gasteiger partial charge is 0.434 e. The molecule has 0 bridgehead atoms. The summed E-state index contributed by atoms with van der Waals surface area (Å²) in [7, 11) is 1.69. The number of hydrogen-bond donors (Lipinski definition) is 2. The maximum Gasteiger partial charge on any atom is 0.434 e. The van der Waals surface area contributed by atoms with E-state index >= 15 is 0 Å². The number of fused-ring (bicyclic) bond motifs is 1. The van der Waals surface area contributed by atoms with Crippen molar-refractivity contribution < 1.29 is 19.4 Å². The van der Waals surface area contributed by atoms with Crippen LogP contribution in [0.1, 0.15) is 51.2 Å². The summed E-state index contributed by atoms with van der Waals surface area (Å²) >= 11 is 0. The van der Waals surface area contributed by atoms with Gasteiger partial charge in [-0.15, -0.1) is 0 Å². The van der Waals surface area contributed by atoms with Crippen LogP contribution in [0.3, 0.4) is 0 Å². The quantitative estimate of drug-likeness (QED) is 0.830. The SMILES string of the molecule is COCC1CCCC(Nc2ccc3c(c2)/C(=N/C(=O)OC(C)(C)C)[C@H](O)C3)=N1. The molecule has 1 amide bonds. The molecule has 2 N–H and O–H groups in total. The monoisotopic (exact) mass is 387 g/mol. The fourth-order valence-electron chi connectivity index (χ4n) is 3.50. The second-order valence-corrected chi connectivity index (χ2v) is 8.27. The van der Waals surface area contributed by atoms with Gasteiger partial charge in [-0.05, 0) is 51.3 Å². The summed E-state index contributed by atoms with van der Waals surface area (Å²) in [6.07, 6.45) is 1.92. The van der Waals surface area contributed by atoms with E-state index in [1.165, 1.54) is 0 Å². The number of hydrogen-bond acceptors (Lipinski definition) is 6. The number of anilines is 1. The lowest BCUT2D eigenvalue weighted by atomic mass is 10.1. The summed E-state index contributed by atoms with van der Waals surface area (Å²) in [5, 5.41) is 13.7. The largest absolute Gasteiger partial charge is 0.442 e. The Morgan fingerprint density at radius 2 is 2.18 bits per heavy atom. The van der Waals surface area contributed by atoms with Crippen molar-refractivity contribution >= 4 is 23.3 Å². The van der Waals surface area contributed by atoms with Crippen molar-refractivity contribution in [3.63, 3.8) is 0 Å². The summed E-state index contributed by atoms with van der Waals surface area (Å²) in [6.45, 7) is 5.98. The van der Waals surface area contributed by atoms with Crippen molar-refractivity contribution in [2.24, 2.45) is 9.98 Å². The molecular formula is C21H29N3O4. The molecule has 2 aliphatic rings. The summed E-state index contributed by atoms with van der Waals surface area (Å²) < 4.78 is 10.5. The maximum absolute atomic E-state index is 12.1. The number of amides is 1. The molecule has 1 aromatic rings. The molecule has 0 aromatic heterocycles. The Bertz CT molecular complexity index is 795. The first-order valence-corrected chi connectivity index (χ1v) is 9.71. The summed E-state index contributed by atoms with van der Waals surface area (Å²) in [6, 6.07) is 6.01. The van der Waals surface area contributed by atoms with Gasteiger partial charge in [-0.25, -0.2) is 4.79 Å². The van der Waals surface area contributed by atoms with Crippen LogP contribution in [-0.2, 0) is 15.9 Å². The van der Waals surface area contributed by atoms with Crippen molar-refractivity contribution in [2.75, 3.05) is 19.0 Å². The maximum atomic E-state index is 12.1. The number of nitrogens with one attached hydrogen (secondary N) is 1. The zero-order valence-electron chi connectivity index (χ0n) is 17.0. The molecule has 1 aliphatic heterocycles. The van der Waals surface area contributed by atoms with Crippen LogP contribution in [0.25, 0.3) is 0 Å². The molecule has 2 atom stereocenters. The van der Waals surface area contributed by atoms with Gasteiger partial charge in [0.05, 0.1) is 18.4 Å². The van der Waals surface area contributed by atoms with Crippen LogP contribution in [0.15, 0.2) is 28.2 Å². The molecule has 152 valence electrons. The van der Waals surface area contributed by atoms with Crippen molar-refractivity contribution in [3.05, 3.63) is 29.3 Å². The van der Waals surface area contributed by atoms with Crippen LogP contribution in [0, 0.1) is 0 Å². The summed E-state index contributed by atoms with van der Waals surface area (Å²) in [4.78, 5) is 20.9. The lowest BCUT2D eigenvalue weighted by molar-refractivity contribution is 0.0602. The van der Waals surface area contributed by atoms with Crippen LogP contribution >= 0.6 is 0 Å². The molecule has 28 heavy (non-hydrogen) atoms. The van der Waals surface area contributed by atoms with Gasteiger partial charge < -0.3 is 19.9 Å². The highest BCUT2D eigenvalue weighted by Crippen LogP contribution is 2.27. The average Bonchev–Trinajstić information content (AvgIpc) is 2.89. The third-order valence-electron chi connectivity index (χ3n) is 4.66. The van der Waals surface area contributed by atoms with E-state index in [2.05, 4.69) is 10.3 Å². The summed E-state index contributed by atoms with van der Waals surface area (Å²) in [5.41, 5.74) is 2.32. The molecule has 1 heterocycles. The molecule has 0 fully saturated rings. The van der Waals surface area contributed by atoms with Gasteiger partial charge in [0.2, 0.25) is 0 Å². The van der Waals surface area contributed by atoms with Crippen molar-refractivity contribution in [1.82, 2.24) is 0 Å². The number of aliphatic imine (C=N–C) groups is 2. The number of amidine groups is 1. The van der Waals surface area contributed by atoms with Crippen LogP contribution in [0.2, 0.25) is 0 Å². The first kappa shape index (κ1) is 20.5. The Hall–Kier alpha value is -2.25. The topological polar surface area (TPSA) is 92.5 Å². The Morgan fingerprint density at radius 3 is 2.89 bits per heavy atom. The molecule has 1 aromatic carbocycles. The number of nitrogens with zero attached hydrogens (tertiary/aromatic N) is 2. The molecule has 7 heteroatoms. The van der Waals surface area contributed by atoms with Gasteiger partial charge >= 0.3 is 6.09 Å². The number of aliphatic hydroxyl groups is 1. The minimum absolute atomic E-state index is 0.182. The molecule has 0 saturated heterocycles. The molecule has 0 spiro atoms. The summed E-state index contributed by atoms with van der Waals surface area (Å²) in [5.74, 6) is 0.928. The second kappa shape index (κ2) is 8.41. The van der Waals surface area contributed by atoms with Crippen LogP contribution in [0.4, 0.5) is 10.5 Å². The van der Waals surface area contributed by atoms with Gasteiger partial charge in [-0.1, -0.05) is 6.07 Å². The van der Waals surface area contributed by atoms with Crippen LogP contribution in [-0.4, -0.2) is 54.2 Å². The van der Waals surface area contributed by atoms with Crippen LogP contribution < -0.4 is 5.32 Å². The van der Waals surface area contributed by atoms with Crippen molar-refractivity contribution in [1.29, 1.82) is 0 Å². The Morgan fingerprint density at radius 1 is 1.39 bits per heavy atom. The van der Waals surface area contributed by atoms with E-state index in [-0.39, 0.29) is 6.04 Å². The zero-order valence-corrected chi connectivity index (χ0v) is 17.0. The van der Waals surface area contributed by atoms with E-state index in [1.54, 1.807) is 27.9 Å². The van der Waals surface area contributed by atoms with Gasteiger partial charge in [0.25, 0.3) is 0 Å². The van der Waals surface area contributed by atoms with Gasteiger partial charge in [0.15, 0.2) is 0 Å². The first-order chi connectivity index (χ1) is 13.2. The van der Waals surface area contributed by atoms with E-state index < -0.39 is 17.8 Å². The molecule has 3 rings (SSSR count). The molecule has 7 nitrogen and oxygen atoms in total. The fraction of sp³-hybridized carbons (Fsp3) is 0.571. The number of rotatable bonds is 3. The Labute approximate surface area is 165 Å². The van der Waals surface area contributed by atoms with E-state index in [0.717, 1.165) is 41.9 Å². The number of carbonyl (C=O) groups excluding carboxylic acids is 1. The average molecular weight is 387 g/mol. The molecular weight excluding hydrogens is 358 g/mol. The van der Waals surface area contributed by atoms with E-state index in [1.807, 2.05) is 18.2 Å². The van der Waals surface area contributed by atoms with Gasteiger partial charge in [-0.2, -0.15) is 4.99 Å². The lowest BCUT2D eigenvalue weighted by Crippen LogP contribution is -2.25. The van der Waals surface area contributed by atoms with Crippen molar-refractivity contribution in [2.45, 2.75) is 64.2 Å². The zero-order chi connectivity index (χ0) is 20.3. The van der Waals surface area contributed by atoms with Gasteiger partial charge in [0.1, 0.15) is 17.5 Å². The number of aliphatic hydroxyl groups excluding tert-OH is 1. The van der Waals surface area contributed by atoms with E-state index in [4.69, 9.17) is 14.5 Å². The van der Waals surface area contributed by atoms with Crippen LogP contribution in [0.5, 0.6) is 0 Å². The standard InChI is InChI=1S/C21H29N3O4/c1-21(2,3)28-20(26)24-19-16-11-14(9-8-13(16)10-17(19)25)22-18-7-5-6-15(23-18)12-27-4/h8-9,11,15,17,25H,5-7,10,12H2,1-4H3,(H,22,23)/b24-19-/t15?,17-/m1/s1. The highest BCUT2D eigenvalue weighted by Gasteiger charge is 2.29. The molecule has 0 saturated carbocycles. The highest BCUT2D eigenvalue weighted by atomic mass is 16.6. The normalized spacial score (nSPS) is 23.3. The third kappa shape index (κ3) is 5.17. The minimum atomic E-state index is -0.809. The number of ether oxygens (including phenoxy) is 2. The fourth-order valence-corrected chi connectivity index (χ4v) is 3.50. The van der Waals surface area contributed by atoms with E-state index in [9.17, 15) is 9.90 Å². The number of benzene rings is 1.